The summed E-state index contributed by atoms with van der Waals surface area (Å²) in [5, 5.41) is 0. The smallest absolute Gasteiger partial charge is 0.225 e. The predicted octanol–water partition coefficient (Wildman–Crippen LogP) is 2.64. The summed E-state index contributed by atoms with van der Waals surface area (Å²) < 4.78 is 5.19. The average Bonchev–Trinajstić information content (AvgIpc) is 3.07. The van der Waals surface area contributed by atoms with Crippen LogP contribution in [0.3, 0.4) is 0 Å². The first kappa shape index (κ1) is 15.7. The van der Waals surface area contributed by atoms with E-state index in [1.807, 2.05) is 6.07 Å². The maximum Gasteiger partial charge on any atom is 0.225 e. The molecule has 0 atom stereocenters. The normalized spacial score (nSPS) is 15.7. The molecule has 0 bridgehead atoms. The van der Waals surface area contributed by atoms with Gasteiger partial charge in [-0.2, -0.15) is 9.97 Å². The van der Waals surface area contributed by atoms with Gasteiger partial charge in [0, 0.05) is 25.1 Å². The molecule has 1 aliphatic heterocycles. The fourth-order valence-electron chi connectivity index (χ4n) is 3.47. The number of H-pyrrole nitrogens is 1. The highest BCUT2D eigenvalue weighted by molar-refractivity contribution is 5.78. The zero-order valence-corrected chi connectivity index (χ0v) is 14.5. The van der Waals surface area contributed by atoms with E-state index in [9.17, 15) is 0 Å². The summed E-state index contributed by atoms with van der Waals surface area (Å²) in [6.07, 6.45) is 2.04. The Morgan fingerprint density at radius 3 is 2.72 bits per heavy atom. The number of para-hydroxylation sites is 1. The highest BCUT2D eigenvalue weighted by Crippen LogP contribution is 2.31. The van der Waals surface area contributed by atoms with Crippen molar-refractivity contribution in [1.82, 2.24) is 19.9 Å². The van der Waals surface area contributed by atoms with Crippen LogP contribution in [0.1, 0.15) is 30.1 Å². The minimum atomic E-state index is 0.240. The number of hydrogen-bond acceptors (Lipinski definition) is 6. The van der Waals surface area contributed by atoms with Crippen molar-refractivity contribution in [3.05, 3.63) is 35.7 Å². The lowest BCUT2D eigenvalue weighted by Crippen LogP contribution is -2.34. The van der Waals surface area contributed by atoms with Gasteiger partial charge in [-0.15, -0.1) is 0 Å². The van der Waals surface area contributed by atoms with Crippen molar-refractivity contribution >= 4 is 22.8 Å². The fourth-order valence-corrected chi connectivity index (χ4v) is 3.47. The third-order valence-corrected chi connectivity index (χ3v) is 4.85. The number of nitrogens with zero attached hydrogens (tertiary/aromatic N) is 4. The van der Waals surface area contributed by atoms with Crippen molar-refractivity contribution in [1.29, 1.82) is 0 Å². The van der Waals surface area contributed by atoms with E-state index in [1.54, 1.807) is 7.11 Å². The van der Waals surface area contributed by atoms with Gasteiger partial charge in [0.1, 0.15) is 11.6 Å². The van der Waals surface area contributed by atoms with E-state index in [4.69, 9.17) is 15.5 Å². The number of nitrogens with two attached hydrogens (primary N) is 1. The number of anilines is 2. The number of aromatic nitrogens is 4. The van der Waals surface area contributed by atoms with Crippen LogP contribution in [0.5, 0.6) is 5.88 Å². The van der Waals surface area contributed by atoms with Gasteiger partial charge in [0.2, 0.25) is 11.8 Å². The third kappa shape index (κ3) is 2.97. The van der Waals surface area contributed by atoms with Crippen molar-refractivity contribution in [2.24, 2.45) is 0 Å². The van der Waals surface area contributed by atoms with Crippen LogP contribution in [0.15, 0.2) is 24.3 Å². The van der Waals surface area contributed by atoms with Crippen LogP contribution < -0.4 is 15.4 Å². The molecule has 0 radical (unpaired) electrons. The number of aryl methyl sites for hydroxylation is 1. The second kappa shape index (κ2) is 6.23. The highest BCUT2D eigenvalue weighted by atomic mass is 16.5. The molecule has 130 valence electrons. The zero-order chi connectivity index (χ0) is 17.4. The summed E-state index contributed by atoms with van der Waals surface area (Å²) in [7, 11) is 1.58. The summed E-state index contributed by atoms with van der Waals surface area (Å²) in [4.78, 5) is 18.9. The van der Waals surface area contributed by atoms with Crippen LogP contribution in [-0.4, -0.2) is 40.1 Å². The number of rotatable bonds is 3. The van der Waals surface area contributed by atoms with Gasteiger partial charge in [-0.3, -0.25) is 0 Å². The SMILES string of the molecule is COc1cc(N2CCC(c3nc4c(C)cccc4[nH]3)CC2)nc(N)n1. The molecule has 7 nitrogen and oxygen atoms in total. The molecule has 7 heteroatoms. The minimum Gasteiger partial charge on any atom is -0.481 e. The van der Waals surface area contributed by atoms with Gasteiger partial charge in [0.15, 0.2) is 0 Å². The van der Waals surface area contributed by atoms with Crippen LogP contribution in [0, 0.1) is 6.92 Å². The molecule has 3 heterocycles. The average molecular weight is 338 g/mol. The lowest BCUT2D eigenvalue weighted by atomic mass is 9.96. The molecule has 0 saturated carbocycles. The standard InChI is InChI=1S/C18H22N6O/c1-11-4-3-5-13-16(11)23-17(20-13)12-6-8-24(9-7-12)14-10-15(25-2)22-18(19)21-14/h3-5,10,12H,6-9H2,1-2H3,(H,20,23)(H2,19,21,22). The van der Waals surface area contributed by atoms with Crippen molar-refractivity contribution in [2.45, 2.75) is 25.7 Å². The lowest BCUT2D eigenvalue weighted by Gasteiger charge is -2.32. The minimum absolute atomic E-state index is 0.240. The topological polar surface area (TPSA) is 93.0 Å². The number of piperidine rings is 1. The second-order valence-corrected chi connectivity index (χ2v) is 6.48. The summed E-state index contributed by atoms with van der Waals surface area (Å²) in [6, 6.07) is 8.09. The molecule has 0 amide bonds. The van der Waals surface area contributed by atoms with Gasteiger partial charge in [-0.1, -0.05) is 12.1 Å². The van der Waals surface area contributed by atoms with Crippen LogP contribution in [-0.2, 0) is 0 Å². The first-order chi connectivity index (χ1) is 12.1. The monoisotopic (exact) mass is 338 g/mol. The molecule has 4 rings (SSSR count). The van der Waals surface area contributed by atoms with Crippen LogP contribution in [0.4, 0.5) is 11.8 Å². The van der Waals surface area contributed by atoms with Crippen molar-refractivity contribution < 1.29 is 4.74 Å². The Hall–Kier alpha value is -2.83. The van der Waals surface area contributed by atoms with Crippen LogP contribution >= 0.6 is 0 Å². The van der Waals surface area contributed by atoms with Gasteiger partial charge in [0.25, 0.3) is 0 Å². The highest BCUT2D eigenvalue weighted by Gasteiger charge is 2.24. The lowest BCUT2D eigenvalue weighted by molar-refractivity contribution is 0.397. The maximum atomic E-state index is 5.77. The number of imidazole rings is 1. The number of benzene rings is 1. The van der Waals surface area contributed by atoms with Crippen molar-refractivity contribution in [3.8, 4) is 5.88 Å². The first-order valence-corrected chi connectivity index (χ1v) is 8.53. The summed E-state index contributed by atoms with van der Waals surface area (Å²) in [5.41, 5.74) is 9.18. The van der Waals surface area contributed by atoms with Crippen LogP contribution in [0.25, 0.3) is 11.0 Å². The molecule has 1 fully saturated rings. The van der Waals surface area contributed by atoms with E-state index in [1.165, 1.54) is 5.56 Å². The fraction of sp³-hybridized carbons (Fsp3) is 0.389. The van der Waals surface area contributed by atoms with E-state index < -0.39 is 0 Å². The Kier molecular flexibility index (Phi) is 3.91. The molecule has 1 aliphatic rings. The number of aromatic amines is 1. The maximum absolute atomic E-state index is 5.77. The first-order valence-electron chi connectivity index (χ1n) is 8.53. The number of fused-ring (bicyclic) bond motifs is 1. The molecule has 25 heavy (non-hydrogen) atoms. The van der Waals surface area contributed by atoms with Gasteiger partial charge in [-0.25, -0.2) is 4.98 Å². The zero-order valence-electron chi connectivity index (χ0n) is 14.5. The second-order valence-electron chi connectivity index (χ2n) is 6.48. The Labute approximate surface area is 146 Å². The van der Waals surface area contributed by atoms with Gasteiger partial charge in [-0.05, 0) is 31.4 Å². The van der Waals surface area contributed by atoms with Gasteiger partial charge in [0.05, 0.1) is 18.1 Å². The molecule has 0 aliphatic carbocycles. The van der Waals surface area contributed by atoms with E-state index >= 15 is 0 Å². The number of nitrogen functional groups attached to an aromatic ring is 1. The number of methoxy groups -OCH3 is 1. The molecule has 1 aromatic carbocycles. The Morgan fingerprint density at radius 2 is 2.00 bits per heavy atom. The Bertz CT molecular complexity index is 898. The Balaban J connectivity index is 1.51. The van der Waals surface area contributed by atoms with E-state index in [0.717, 1.165) is 48.6 Å². The molecule has 2 aromatic heterocycles. The predicted molar refractivity (Wildman–Crippen MR) is 98.0 cm³/mol. The molecule has 1 saturated heterocycles. The summed E-state index contributed by atoms with van der Waals surface area (Å²) in [6.45, 7) is 3.91. The van der Waals surface area contributed by atoms with E-state index in [0.29, 0.717) is 11.8 Å². The van der Waals surface area contributed by atoms with Gasteiger partial charge >= 0.3 is 0 Å². The summed E-state index contributed by atoms with van der Waals surface area (Å²) >= 11 is 0. The van der Waals surface area contributed by atoms with Gasteiger partial charge < -0.3 is 20.4 Å². The van der Waals surface area contributed by atoms with Crippen molar-refractivity contribution in [2.75, 3.05) is 30.8 Å². The molecular formula is C18H22N6O. The van der Waals surface area contributed by atoms with E-state index in [2.05, 4.69) is 45.0 Å². The molecule has 0 spiro atoms. The Morgan fingerprint density at radius 1 is 1.20 bits per heavy atom. The number of nitrogens with one attached hydrogen (secondary N) is 1. The summed E-state index contributed by atoms with van der Waals surface area (Å²) in [5.74, 6) is 3.08. The largest absolute Gasteiger partial charge is 0.481 e. The molecule has 3 N–H and O–H groups in total. The van der Waals surface area contributed by atoms with Crippen LogP contribution in [0.2, 0.25) is 0 Å². The van der Waals surface area contributed by atoms with Crippen molar-refractivity contribution in [3.63, 3.8) is 0 Å². The number of ether oxygens (including phenoxy) is 1. The third-order valence-electron chi connectivity index (χ3n) is 4.85. The molecule has 0 unspecified atom stereocenters. The molecular weight excluding hydrogens is 316 g/mol. The number of hydrogen-bond donors (Lipinski definition) is 2. The molecule has 3 aromatic rings. The van der Waals surface area contributed by atoms with E-state index in [-0.39, 0.29) is 5.95 Å². The quantitative estimate of drug-likeness (QED) is 0.762.